The molecule has 2 rings (SSSR count). The van der Waals surface area contributed by atoms with Gasteiger partial charge in [-0.25, -0.2) is 0 Å². The van der Waals surface area contributed by atoms with Crippen LogP contribution >= 0.6 is 0 Å². The molecule has 100 valence electrons. The summed E-state index contributed by atoms with van der Waals surface area (Å²) in [4.78, 5) is 34.8. The van der Waals surface area contributed by atoms with Crippen molar-refractivity contribution in [2.45, 2.75) is 12.3 Å². The Morgan fingerprint density at radius 3 is 2.32 bits per heavy atom. The molecule has 1 saturated carbocycles. The maximum absolute atomic E-state index is 11.9. The van der Waals surface area contributed by atoms with Gasteiger partial charge >= 0.3 is 11.9 Å². The molecular weight excluding hydrogens is 248 g/mol. The molecular formula is C14H14O5. The Morgan fingerprint density at radius 1 is 1.21 bits per heavy atom. The molecule has 0 aromatic heterocycles. The van der Waals surface area contributed by atoms with Crippen molar-refractivity contribution < 1.29 is 23.9 Å². The summed E-state index contributed by atoms with van der Waals surface area (Å²) < 4.78 is 9.40. The van der Waals surface area contributed by atoms with E-state index in [1.807, 2.05) is 0 Å². The van der Waals surface area contributed by atoms with Crippen molar-refractivity contribution in [2.75, 3.05) is 14.2 Å². The fourth-order valence-corrected chi connectivity index (χ4v) is 2.47. The lowest BCUT2D eigenvalue weighted by Crippen LogP contribution is -2.30. The fraction of sp³-hybridized carbons (Fsp3) is 0.357. The Balaban J connectivity index is 2.41. The van der Waals surface area contributed by atoms with Gasteiger partial charge in [0.1, 0.15) is 6.29 Å². The predicted molar refractivity (Wildman–Crippen MR) is 65.7 cm³/mol. The molecule has 5 nitrogen and oxygen atoms in total. The summed E-state index contributed by atoms with van der Waals surface area (Å²) in [5, 5.41) is 0. The molecule has 19 heavy (non-hydrogen) atoms. The van der Waals surface area contributed by atoms with Gasteiger partial charge in [-0.1, -0.05) is 24.3 Å². The molecule has 0 N–H and O–H groups in total. The van der Waals surface area contributed by atoms with Crippen LogP contribution in [0.4, 0.5) is 0 Å². The molecule has 0 aliphatic heterocycles. The fourth-order valence-electron chi connectivity index (χ4n) is 2.47. The first-order chi connectivity index (χ1) is 9.11. The predicted octanol–water partition coefficient (Wildman–Crippen LogP) is 1.32. The van der Waals surface area contributed by atoms with Gasteiger partial charge in [0.05, 0.1) is 14.2 Å². The van der Waals surface area contributed by atoms with Crippen molar-refractivity contribution in [3.05, 3.63) is 35.4 Å². The van der Waals surface area contributed by atoms with E-state index in [0.717, 1.165) is 0 Å². The highest BCUT2D eigenvalue weighted by Crippen LogP contribution is 2.61. The van der Waals surface area contributed by atoms with Gasteiger partial charge in [-0.15, -0.1) is 0 Å². The Hall–Kier alpha value is -2.17. The Bertz CT molecular complexity index is 518. The smallest absolute Gasteiger partial charge is 0.323 e. The van der Waals surface area contributed by atoms with E-state index in [9.17, 15) is 14.4 Å². The lowest BCUT2D eigenvalue weighted by molar-refractivity contribution is -0.161. The summed E-state index contributed by atoms with van der Waals surface area (Å²) in [7, 11) is 2.46. The van der Waals surface area contributed by atoms with Crippen molar-refractivity contribution in [1.29, 1.82) is 0 Å². The van der Waals surface area contributed by atoms with Crippen LogP contribution in [0.2, 0.25) is 0 Å². The Kier molecular flexibility index (Phi) is 3.38. The number of hydrogen-bond donors (Lipinski definition) is 0. The first-order valence-electron chi connectivity index (χ1n) is 5.82. The van der Waals surface area contributed by atoms with Gasteiger partial charge in [-0.2, -0.15) is 0 Å². The van der Waals surface area contributed by atoms with Crippen molar-refractivity contribution >= 4 is 18.2 Å². The monoisotopic (exact) mass is 262 g/mol. The van der Waals surface area contributed by atoms with Crippen LogP contribution < -0.4 is 0 Å². The second kappa shape index (κ2) is 4.84. The highest BCUT2D eigenvalue weighted by Gasteiger charge is 2.68. The van der Waals surface area contributed by atoms with Crippen LogP contribution in [0.3, 0.4) is 0 Å². The number of carbonyl (C=O) groups is 3. The number of hydrogen-bond acceptors (Lipinski definition) is 5. The van der Waals surface area contributed by atoms with Gasteiger partial charge in [-0.05, 0) is 12.0 Å². The molecule has 0 saturated heterocycles. The molecule has 0 amide bonds. The number of ether oxygens (including phenoxy) is 2. The van der Waals surface area contributed by atoms with E-state index in [1.165, 1.54) is 14.2 Å². The zero-order valence-corrected chi connectivity index (χ0v) is 10.7. The van der Waals surface area contributed by atoms with E-state index in [2.05, 4.69) is 0 Å². The largest absolute Gasteiger partial charge is 0.468 e. The maximum Gasteiger partial charge on any atom is 0.323 e. The van der Waals surface area contributed by atoms with Crippen LogP contribution in [0.15, 0.2) is 24.3 Å². The second-order valence-corrected chi connectivity index (χ2v) is 4.46. The molecule has 1 unspecified atom stereocenters. The summed E-state index contributed by atoms with van der Waals surface area (Å²) >= 11 is 0. The van der Waals surface area contributed by atoms with Gasteiger partial charge in [0.2, 0.25) is 0 Å². The first kappa shape index (κ1) is 13.3. The standard InChI is InChI=1S/C14H14O5/c1-18-12(16)14(13(17)19-2)7-11(14)10-6-4-3-5-9(10)8-15/h3-6,8,11H,7H2,1-2H3. The Morgan fingerprint density at radius 2 is 1.79 bits per heavy atom. The van der Waals surface area contributed by atoms with Crippen molar-refractivity contribution in [2.24, 2.45) is 5.41 Å². The Labute approximate surface area is 110 Å². The lowest BCUT2D eigenvalue weighted by Gasteiger charge is -2.13. The van der Waals surface area contributed by atoms with Crippen LogP contribution in [-0.4, -0.2) is 32.4 Å². The molecule has 1 fully saturated rings. The third-order valence-electron chi connectivity index (χ3n) is 3.56. The quantitative estimate of drug-likeness (QED) is 0.465. The molecule has 5 heteroatoms. The van der Waals surface area contributed by atoms with E-state index in [4.69, 9.17) is 9.47 Å². The number of methoxy groups -OCH3 is 2. The van der Waals surface area contributed by atoms with Crippen LogP contribution in [-0.2, 0) is 19.1 Å². The van der Waals surface area contributed by atoms with Gasteiger partial charge < -0.3 is 9.47 Å². The normalized spacial score (nSPS) is 19.4. The first-order valence-corrected chi connectivity index (χ1v) is 5.82. The highest BCUT2D eigenvalue weighted by molar-refractivity contribution is 6.05. The third-order valence-corrected chi connectivity index (χ3v) is 3.56. The average Bonchev–Trinajstić information content (AvgIpc) is 3.22. The van der Waals surface area contributed by atoms with E-state index in [-0.39, 0.29) is 5.92 Å². The zero-order chi connectivity index (χ0) is 14.0. The van der Waals surface area contributed by atoms with E-state index in [0.29, 0.717) is 23.8 Å². The van der Waals surface area contributed by atoms with Crippen molar-refractivity contribution in [1.82, 2.24) is 0 Å². The molecule has 0 spiro atoms. The minimum Gasteiger partial charge on any atom is -0.468 e. The minimum atomic E-state index is -1.30. The van der Waals surface area contributed by atoms with Crippen molar-refractivity contribution in [3.8, 4) is 0 Å². The van der Waals surface area contributed by atoms with E-state index in [1.54, 1.807) is 24.3 Å². The second-order valence-electron chi connectivity index (χ2n) is 4.46. The lowest BCUT2D eigenvalue weighted by atomic mass is 9.96. The number of carbonyl (C=O) groups excluding carboxylic acids is 3. The zero-order valence-electron chi connectivity index (χ0n) is 10.7. The minimum absolute atomic E-state index is 0.303. The van der Waals surface area contributed by atoms with Gasteiger partial charge in [0.15, 0.2) is 5.41 Å². The molecule has 1 aliphatic carbocycles. The molecule has 1 aromatic carbocycles. The summed E-state index contributed by atoms with van der Waals surface area (Å²) in [5.74, 6) is -1.61. The number of rotatable bonds is 4. The van der Waals surface area contributed by atoms with E-state index < -0.39 is 17.4 Å². The molecule has 1 aliphatic rings. The van der Waals surface area contributed by atoms with Gasteiger partial charge in [-0.3, -0.25) is 14.4 Å². The molecule has 1 aromatic rings. The molecule has 1 atom stereocenters. The summed E-state index contributed by atoms with van der Waals surface area (Å²) in [6, 6.07) is 6.88. The van der Waals surface area contributed by atoms with Gasteiger partial charge in [0, 0.05) is 11.5 Å². The molecule has 0 heterocycles. The van der Waals surface area contributed by atoms with Crippen molar-refractivity contribution in [3.63, 3.8) is 0 Å². The summed E-state index contributed by atoms with van der Waals surface area (Å²) in [6.07, 6.45) is 1.02. The maximum atomic E-state index is 11.9. The average molecular weight is 262 g/mol. The van der Waals surface area contributed by atoms with Crippen LogP contribution in [0.5, 0.6) is 0 Å². The highest BCUT2D eigenvalue weighted by atomic mass is 16.5. The number of aldehydes is 1. The van der Waals surface area contributed by atoms with Gasteiger partial charge in [0.25, 0.3) is 0 Å². The van der Waals surface area contributed by atoms with Crippen LogP contribution in [0.25, 0.3) is 0 Å². The number of benzene rings is 1. The topological polar surface area (TPSA) is 69.7 Å². The van der Waals surface area contributed by atoms with E-state index >= 15 is 0 Å². The summed E-state index contributed by atoms with van der Waals surface area (Å²) in [5.41, 5.74) is -0.154. The summed E-state index contributed by atoms with van der Waals surface area (Å²) in [6.45, 7) is 0. The number of esters is 2. The SMILES string of the molecule is COC(=O)C1(C(=O)OC)CC1c1ccccc1C=O. The molecule has 0 radical (unpaired) electrons. The van der Waals surface area contributed by atoms with Crippen LogP contribution in [0, 0.1) is 5.41 Å². The molecule has 0 bridgehead atoms. The third kappa shape index (κ3) is 1.91. The van der Waals surface area contributed by atoms with Crippen LogP contribution in [0.1, 0.15) is 28.3 Å².